The molecule has 2 rings (SSSR count). The smallest absolute Gasteiger partial charge is 0.240 e. The van der Waals surface area contributed by atoms with Gasteiger partial charge < -0.3 is 11.1 Å². The van der Waals surface area contributed by atoms with Crippen molar-refractivity contribution in [2.75, 3.05) is 17.6 Å². The lowest BCUT2D eigenvalue weighted by Gasteiger charge is -2.06. The Kier molecular flexibility index (Phi) is 7.30. The van der Waals surface area contributed by atoms with Crippen LogP contribution in [0.1, 0.15) is 12.1 Å². The van der Waals surface area contributed by atoms with E-state index >= 15 is 0 Å². The highest BCUT2D eigenvalue weighted by atomic mass is 32.2. The summed E-state index contributed by atoms with van der Waals surface area (Å²) < 4.78 is 40.0. The molecule has 0 spiro atoms. The van der Waals surface area contributed by atoms with Gasteiger partial charge >= 0.3 is 0 Å². The zero-order chi connectivity index (χ0) is 20.0. The summed E-state index contributed by atoms with van der Waals surface area (Å²) in [7, 11) is -3.82. The van der Waals surface area contributed by atoms with E-state index in [4.69, 9.17) is 5.73 Å². The number of nitrogens with zero attached hydrogens (tertiary/aromatic N) is 1. The fraction of sp³-hybridized carbons (Fsp3) is 0.267. The molecule has 0 bridgehead atoms. The third kappa shape index (κ3) is 6.57. The number of aryl methyl sites for hydroxylation is 1. The van der Waals surface area contributed by atoms with Crippen LogP contribution in [0.5, 0.6) is 0 Å². The number of thiazole rings is 1. The monoisotopic (exact) mass is 432 g/mol. The van der Waals surface area contributed by atoms with E-state index in [2.05, 4.69) is 15.0 Å². The number of carbonyl (C=O) groups excluding carboxylic acids is 2. The first-order valence-corrected chi connectivity index (χ1v) is 10.9. The molecule has 0 aliphatic carbocycles. The number of amides is 2. The fourth-order valence-electron chi connectivity index (χ4n) is 1.88. The van der Waals surface area contributed by atoms with Gasteiger partial charge in [0.1, 0.15) is 5.82 Å². The quantitative estimate of drug-likeness (QED) is 0.514. The molecule has 1 aromatic heterocycles. The van der Waals surface area contributed by atoms with E-state index in [-0.39, 0.29) is 23.6 Å². The predicted octanol–water partition coefficient (Wildman–Crippen LogP) is 1.48. The van der Waals surface area contributed by atoms with Gasteiger partial charge in [-0.1, -0.05) is 11.3 Å². The SMILES string of the molecule is Cc1nc(NC(=O)CCNS(=O)(=O)c2ccc(F)cc2)sc1SCC(N)=O. The molecule has 1 heterocycles. The van der Waals surface area contributed by atoms with Crippen LogP contribution in [-0.4, -0.2) is 37.5 Å². The van der Waals surface area contributed by atoms with Crippen LogP contribution < -0.4 is 15.8 Å². The minimum Gasteiger partial charge on any atom is -0.369 e. The number of anilines is 1. The highest BCUT2D eigenvalue weighted by Gasteiger charge is 2.15. The van der Waals surface area contributed by atoms with Crippen molar-refractivity contribution in [3.05, 3.63) is 35.8 Å². The first-order chi connectivity index (χ1) is 12.7. The summed E-state index contributed by atoms with van der Waals surface area (Å²) in [6.07, 6.45) is -0.108. The molecule has 0 aliphatic rings. The zero-order valence-electron chi connectivity index (χ0n) is 14.2. The third-order valence-corrected chi connectivity index (χ3v) is 7.05. The Hall–Kier alpha value is -2.02. The molecule has 27 heavy (non-hydrogen) atoms. The van der Waals surface area contributed by atoms with Crippen LogP contribution in [-0.2, 0) is 19.6 Å². The van der Waals surface area contributed by atoms with Gasteiger partial charge in [-0.3, -0.25) is 9.59 Å². The average molecular weight is 433 g/mol. The van der Waals surface area contributed by atoms with Gasteiger partial charge in [0, 0.05) is 13.0 Å². The van der Waals surface area contributed by atoms with E-state index < -0.39 is 27.7 Å². The highest BCUT2D eigenvalue weighted by molar-refractivity contribution is 8.01. The largest absolute Gasteiger partial charge is 0.369 e. The number of primary amides is 1. The number of rotatable bonds is 9. The van der Waals surface area contributed by atoms with Crippen molar-refractivity contribution >= 4 is 50.1 Å². The van der Waals surface area contributed by atoms with E-state index in [1.165, 1.54) is 23.1 Å². The van der Waals surface area contributed by atoms with Gasteiger partial charge in [0.2, 0.25) is 21.8 Å². The topological polar surface area (TPSA) is 131 Å². The van der Waals surface area contributed by atoms with Gasteiger partial charge in [-0.25, -0.2) is 22.5 Å². The summed E-state index contributed by atoms with van der Waals surface area (Å²) in [5.74, 6) is -1.30. The van der Waals surface area contributed by atoms with Crippen LogP contribution in [0.3, 0.4) is 0 Å². The Morgan fingerprint density at radius 2 is 1.96 bits per heavy atom. The van der Waals surface area contributed by atoms with Gasteiger partial charge in [0.15, 0.2) is 5.13 Å². The van der Waals surface area contributed by atoms with Crippen molar-refractivity contribution < 1.29 is 22.4 Å². The minimum absolute atomic E-state index is 0.0871. The molecule has 0 saturated heterocycles. The lowest BCUT2D eigenvalue weighted by molar-refractivity contribution is -0.116. The van der Waals surface area contributed by atoms with E-state index in [0.29, 0.717) is 10.8 Å². The number of nitrogens with two attached hydrogens (primary N) is 1. The van der Waals surface area contributed by atoms with E-state index in [1.807, 2.05) is 0 Å². The number of sulfonamides is 1. The summed E-state index contributed by atoms with van der Waals surface area (Å²) in [6.45, 7) is 1.62. The van der Waals surface area contributed by atoms with E-state index in [0.717, 1.165) is 28.5 Å². The van der Waals surface area contributed by atoms with Crippen LogP contribution in [0.15, 0.2) is 33.4 Å². The van der Waals surface area contributed by atoms with Crippen molar-refractivity contribution in [2.45, 2.75) is 22.4 Å². The van der Waals surface area contributed by atoms with Crippen molar-refractivity contribution in [3.8, 4) is 0 Å². The standard InChI is InChI=1S/C15H17FN4O4S3/c1-9-14(25-8-12(17)21)26-15(19-9)20-13(22)6-7-18-27(23,24)11-4-2-10(16)3-5-11/h2-5,18H,6-8H2,1H3,(H2,17,21)(H,19,20,22). The molecule has 0 radical (unpaired) electrons. The van der Waals surface area contributed by atoms with Crippen molar-refractivity contribution in [1.82, 2.24) is 9.71 Å². The van der Waals surface area contributed by atoms with E-state index in [1.54, 1.807) is 6.92 Å². The Labute approximate surface area is 163 Å². The maximum atomic E-state index is 12.9. The number of hydrogen-bond acceptors (Lipinski definition) is 7. The van der Waals surface area contributed by atoms with Gasteiger partial charge in [-0.15, -0.1) is 11.8 Å². The number of benzene rings is 1. The van der Waals surface area contributed by atoms with Gasteiger partial charge in [-0.05, 0) is 31.2 Å². The predicted molar refractivity (Wildman–Crippen MR) is 102 cm³/mol. The van der Waals surface area contributed by atoms with Crippen molar-refractivity contribution in [1.29, 1.82) is 0 Å². The summed E-state index contributed by atoms with van der Waals surface area (Å²) in [6, 6.07) is 4.36. The molecule has 0 atom stereocenters. The highest BCUT2D eigenvalue weighted by Crippen LogP contribution is 2.31. The molecule has 12 heteroatoms. The van der Waals surface area contributed by atoms with Crippen molar-refractivity contribution in [2.24, 2.45) is 5.73 Å². The Morgan fingerprint density at radius 3 is 2.59 bits per heavy atom. The maximum absolute atomic E-state index is 12.9. The second kappa shape index (κ2) is 9.26. The van der Waals surface area contributed by atoms with Crippen molar-refractivity contribution in [3.63, 3.8) is 0 Å². The number of thioether (sulfide) groups is 1. The summed E-state index contributed by atoms with van der Waals surface area (Å²) in [5.41, 5.74) is 5.76. The molecule has 0 unspecified atom stereocenters. The molecule has 146 valence electrons. The Bertz CT molecular complexity index is 929. The zero-order valence-corrected chi connectivity index (χ0v) is 16.6. The van der Waals surface area contributed by atoms with Crippen LogP contribution in [0, 0.1) is 12.7 Å². The lowest BCUT2D eigenvalue weighted by atomic mass is 10.4. The van der Waals surface area contributed by atoms with Gasteiger partial charge in [-0.2, -0.15) is 0 Å². The third-order valence-electron chi connectivity index (χ3n) is 3.11. The van der Waals surface area contributed by atoms with Crippen LogP contribution in [0.25, 0.3) is 0 Å². The molecular weight excluding hydrogens is 415 g/mol. The number of carbonyl (C=O) groups is 2. The Morgan fingerprint density at radius 1 is 1.30 bits per heavy atom. The van der Waals surface area contributed by atoms with Crippen LogP contribution >= 0.6 is 23.1 Å². The number of aromatic nitrogens is 1. The molecule has 0 fully saturated rings. The molecule has 0 saturated carbocycles. The summed E-state index contributed by atoms with van der Waals surface area (Å²) in [4.78, 5) is 26.9. The van der Waals surface area contributed by atoms with Crippen LogP contribution in [0.2, 0.25) is 0 Å². The normalized spacial score (nSPS) is 11.3. The molecular formula is C15H17FN4O4S3. The number of halogens is 1. The summed E-state index contributed by atoms with van der Waals surface area (Å²) >= 11 is 2.44. The maximum Gasteiger partial charge on any atom is 0.240 e. The molecule has 1 aromatic carbocycles. The summed E-state index contributed by atoms with van der Waals surface area (Å²) in [5, 5.41) is 2.93. The lowest BCUT2D eigenvalue weighted by Crippen LogP contribution is -2.27. The second-order valence-corrected chi connectivity index (χ2v) is 9.31. The molecule has 8 nitrogen and oxygen atoms in total. The number of nitrogens with one attached hydrogen (secondary N) is 2. The number of hydrogen-bond donors (Lipinski definition) is 3. The first kappa shape index (κ1) is 21.3. The first-order valence-electron chi connectivity index (χ1n) is 7.61. The van der Waals surface area contributed by atoms with Gasteiger partial charge in [0.05, 0.1) is 20.6 Å². The molecule has 4 N–H and O–H groups in total. The van der Waals surface area contributed by atoms with E-state index in [9.17, 15) is 22.4 Å². The fourth-order valence-corrected chi connectivity index (χ4v) is 4.81. The molecule has 2 amide bonds. The van der Waals surface area contributed by atoms with Crippen LogP contribution in [0.4, 0.5) is 9.52 Å². The second-order valence-electron chi connectivity index (χ2n) is 5.30. The van der Waals surface area contributed by atoms with Gasteiger partial charge in [0.25, 0.3) is 0 Å². The molecule has 0 aliphatic heterocycles. The minimum atomic E-state index is -3.82. The molecule has 2 aromatic rings. The average Bonchev–Trinajstić information content (AvgIpc) is 2.92. The Balaban J connectivity index is 1.85.